The number of rotatable bonds is 4. The maximum absolute atomic E-state index is 6.24. The minimum absolute atomic E-state index is 0.271. The first kappa shape index (κ1) is 13.9. The summed E-state index contributed by atoms with van der Waals surface area (Å²) in [5.74, 6) is 3.25. The summed E-state index contributed by atoms with van der Waals surface area (Å²) < 4.78 is 10.7. The predicted octanol–water partition coefficient (Wildman–Crippen LogP) is 5.16. The molecule has 5 heteroatoms. The van der Waals surface area contributed by atoms with Crippen LogP contribution in [0.25, 0.3) is 0 Å². The van der Waals surface area contributed by atoms with E-state index in [1.165, 1.54) is 5.56 Å². The number of benzene rings is 2. The van der Waals surface area contributed by atoms with E-state index in [4.69, 9.17) is 32.7 Å². The fourth-order valence-electron chi connectivity index (χ4n) is 1.93. The number of halogens is 2. The lowest BCUT2D eigenvalue weighted by atomic mass is 10.2. The van der Waals surface area contributed by atoms with E-state index in [0.717, 1.165) is 38.6 Å². The molecular formula is C15H12Cl2O2S. The number of hydrogen-bond donors (Lipinski definition) is 0. The molecule has 2 nitrogen and oxygen atoms in total. The van der Waals surface area contributed by atoms with Crippen molar-refractivity contribution in [3.05, 3.63) is 57.6 Å². The molecule has 1 aliphatic rings. The van der Waals surface area contributed by atoms with Crippen LogP contribution in [0, 0.1) is 0 Å². The summed E-state index contributed by atoms with van der Waals surface area (Å²) in [5, 5.41) is 1.48. The quantitative estimate of drug-likeness (QED) is 0.773. The van der Waals surface area contributed by atoms with Gasteiger partial charge in [-0.25, -0.2) is 0 Å². The van der Waals surface area contributed by atoms with E-state index >= 15 is 0 Å². The lowest BCUT2D eigenvalue weighted by Crippen LogP contribution is -1.92. The molecule has 0 amide bonds. The molecule has 0 bridgehead atoms. The molecule has 0 saturated carbocycles. The number of ether oxygens (including phenoxy) is 2. The van der Waals surface area contributed by atoms with Crippen molar-refractivity contribution in [2.45, 2.75) is 11.5 Å². The summed E-state index contributed by atoms with van der Waals surface area (Å²) >= 11 is 13.9. The van der Waals surface area contributed by atoms with Crippen LogP contribution in [0.5, 0.6) is 11.5 Å². The van der Waals surface area contributed by atoms with E-state index in [1.54, 1.807) is 11.8 Å². The second kappa shape index (κ2) is 6.17. The molecule has 0 atom stereocenters. The molecule has 0 fully saturated rings. The Balaban J connectivity index is 1.62. The van der Waals surface area contributed by atoms with Gasteiger partial charge in [0.25, 0.3) is 0 Å². The first-order valence-electron chi connectivity index (χ1n) is 6.12. The highest BCUT2D eigenvalue weighted by atomic mass is 35.5. The summed E-state index contributed by atoms with van der Waals surface area (Å²) in [6.45, 7) is 0.271. The Kier molecular flexibility index (Phi) is 4.29. The van der Waals surface area contributed by atoms with Crippen molar-refractivity contribution in [1.82, 2.24) is 0 Å². The zero-order chi connectivity index (χ0) is 13.9. The Morgan fingerprint density at radius 1 is 0.950 bits per heavy atom. The van der Waals surface area contributed by atoms with Gasteiger partial charge in [0, 0.05) is 27.6 Å². The van der Waals surface area contributed by atoms with Crippen molar-refractivity contribution in [1.29, 1.82) is 0 Å². The highest BCUT2D eigenvalue weighted by molar-refractivity contribution is 7.97. The van der Waals surface area contributed by atoms with Crippen LogP contribution >= 0.6 is 35.0 Å². The van der Waals surface area contributed by atoms with Crippen molar-refractivity contribution in [3.8, 4) is 11.5 Å². The molecule has 0 aromatic heterocycles. The largest absolute Gasteiger partial charge is 0.454 e. The second-order valence-corrected chi connectivity index (χ2v) is 6.25. The van der Waals surface area contributed by atoms with Crippen molar-refractivity contribution >= 4 is 35.0 Å². The molecular weight excluding hydrogens is 315 g/mol. The summed E-state index contributed by atoms with van der Waals surface area (Å²) in [7, 11) is 0. The van der Waals surface area contributed by atoms with Gasteiger partial charge in [-0.05, 0) is 29.3 Å². The molecule has 0 radical (unpaired) electrons. The molecule has 2 aromatic rings. The molecule has 3 rings (SSSR count). The van der Waals surface area contributed by atoms with Gasteiger partial charge in [-0.1, -0.05) is 35.3 Å². The Hall–Kier alpha value is -1.03. The van der Waals surface area contributed by atoms with E-state index in [9.17, 15) is 0 Å². The van der Waals surface area contributed by atoms with Crippen molar-refractivity contribution in [2.24, 2.45) is 0 Å². The van der Waals surface area contributed by atoms with E-state index in [1.807, 2.05) is 36.4 Å². The summed E-state index contributed by atoms with van der Waals surface area (Å²) in [6, 6.07) is 11.7. The molecule has 104 valence electrons. The van der Waals surface area contributed by atoms with Crippen LogP contribution in [0.2, 0.25) is 10.0 Å². The van der Waals surface area contributed by atoms with E-state index < -0.39 is 0 Å². The van der Waals surface area contributed by atoms with Crippen LogP contribution in [-0.4, -0.2) is 6.79 Å². The van der Waals surface area contributed by atoms with Gasteiger partial charge in [0.1, 0.15) is 0 Å². The van der Waals surface area contributed by atoms with Gasteiger partial charge in [-0.15, -0.1) is 0 Å². The normalized spacial score (nSPS) is 12.7. The van der Waals surface area contributed by atoms with Crippen LogP contribution in [0.1, 0.15) is 11.1 Å². The van der Waals surface area contributed by atoms with Gasteiger partial charge >= 0.3 is 0 Å². The van der Waals surface area contributed by atoms with E-state index in [0.29, 0.717) is 0 Å². The lowest BCUT2D eigenvalue weighted by Gasteiger charge is -2.06. The highest BCUT2D eigenvalue weighted by Gasteiger charge is 2.16. The maximum Gasteiger partial charge on any atom is 0.231 e. The first-order chi connectivity index (χ1) is 9.72. The van der Waals surface area contributed by atoms with Crippen LogP contribution in [0.3, 0.4) is 0 Å². The van der Waals surface area contributed by atoms with Gasteiger partial charge in [-0.2, -0.15) is 11.8 Å². The fraction of sp³-hybridized carbons (Fsp3) is 0.200. The average Bonchev–Trinajstić information content (AvgIpc) is 2.88. The minimum atomic E-state index is 0.271. The third kappa shape index (κ3) is 3.17. The van der Waals surface area contributed by atoms with E-state index in [-0.39, 0.29) is 6.79 Å². The summed E-state index contributed by atoms with van der Waals surface area (Å²) in [5.41, 5.74) is 2.31. The Morgan fingerprint density at radius 3 is 2.40 bits per heavy atom. The Labute approximate surface area is 132 Å². The molecule has 0 spiro atoms. The maximum atomic E-state index is 6.24. The minimum Gasteiger partial charge on any atom is -0.454 e. The third-order valence-corrected chi connectivity index (χ3v) is 4.64. The molecule has 1 aliphatic heterocycles. The van der Waals surface area contributed by atoms with E-state index in [2.05, 4.69) is 0 Å². The van der Waals surface area contributed by atoms with Crippen LogP contribution in [0.15, 0.2) is 36.4 Å². The molecule has 0 saturated heterocycles. The Morgan fingerprint density at radius 2 is 1.65 bits per heavy atom. The number of hydrogen-bond acceptors (Lipinski definition) is 3. The van der Waals surface area contributed by atoms with Crippen molar-refractivity contribution < 1.29 is 9.47 Å². The number of thioether (sulfide) groups is 1. The van der Waals surface area contributed by atoms with Gasteiger partial charge in [0.15, 0.2) is 11.5 Å². The van der Waals surface area contributed by atoms with Crippen molar-refractivity contribution in [3.63, 3.8) is 0 Å². The third-order valence-electron chi connectivity index (χ3n) is 2.98. The zero-order valence-corrected chi connectivity index (χ0v) is 12.9. The highest BCUT2D eigenvalue weighted by Crippen LogP contribution is 2.38. The van der Waals surface area contributed by atoms with Crippen molar-refractivity contribution in [2.75, 3.05) is 6.79 Å². The second-order valence-electron chi connectivity index (χ2n) is 4.42. The van der Waals surface area contributed by atoms with Crippen LogP contribution in [0.4, 0.5) is 0 Å². The van der Waals surface area contributed by atoms with Gasteiger partial charge < -0.3 is 9.47 Å². The molecule has 0 unspecified atom stereocenters. The van der Waals surface area contributed by atoms with Crippen LogP contribution < -0.4 is 9.47 Å². The zero-order valence-electron chi connectivity index (χ0n) is 10.6. The predicted molar refractivity (Wildman–Crippen MR) is 84.0 cm³/mol. The van der Waals surface area contributed by atoms with Gasteiger partial charge in [0.2, 0.25) is 6.79 Å². The molecule has 20 heavy (non-hydrogen) atoms. The molecule has 1 heterocycles. The monoisotopic (exact) mass is 326 g/mol. The first-order valence-corrected chi connectivity index (χ1v) is 8.03. The lowest BCUT2D eigenvalue weighted by molar-refractivity contribution is 0.174. The van der Waals surface area contributed by atoms with Crippen LogP contribution in [-0.2, 0) is 11.5 Å². The smallest absolute Gasteiger partial charge is 0.231 e. The fourth-order valence-corrected chi connectivity index (χ4v) is 3.34. The summed E-state index contributed by atoms with van der Waals surface area (Å²) in [6.07, 6.45) is 0. The summed E-state index contributed by atoms with van der Waals surface area (Å²) in [4.78, 5) is 0. The number of fused-ring (bicyclic) bond motifs is 1. The molecule has 2 aromatic carbocycles. The SMILES string of the molecule is Clc1ccc(CSCc2cc3c(cc2Cl)OCO3)cc1. The van der Waals surface area contributed by atoms with Gasteiger partial charge in [-0.3, -0.25) is 0 Å². The van der Waals surface area contributed by atoms with Gasteiger partial charge in [0.05, 0.1) is 0 Å². The molecule has 0 aliphatic carbocycles. The average molecular weight is 327 g/mol. The topological polar surface area (TPSA) is 18.5 Å². The molecule has 0 N–H and O–H groups in total. The standard InChI is InChI=1S/C15H12Cl2O2S/c16-12-3-1-10(2-4-12)7-20-8-11-5-14-15(6-13(11)17)19-9-18-14/h1-6H,7-9H2. The Bertz CT molecular complexity index is 614.